The van der Waals surface area contributed by atoms with Crippen molar-refractivity contribution in [3.63, 3.8) is 0 Å². The number of amides is 2. The molecule has 0 aromatic heterocycles. The van der Waals surface area contributed by atoms with E-state index in [1.54, 1.807) is 0 Å². The summed E-state index contributed by atoms with van der Waals surface area (Å²) in [4.78, 5) is 11.6. The van der Waals surface area contributed by atoms with Gasteiger partial charge in [0.15, 0.2) is 8.32 Å². The molecule has 154 valence electrons. The van der Waals surface area contributed by atoms with Crippen molar-refractivity contribution in [3.05, 3.63) is 12.7 Å². The zero-order valence-corrected chi connectivity index (χ0v) is 18.9. The monoisotopic (exact) mass is 386 g/mol. The fourth-order valence-electron chi connectivity index (χ4n) is 2.48. The minimum atomic E-state index is -1.89. The van der Waals surface area contributed by atoms with E-state index in [4.69, 9.17) is 4.43 Å². The van der Waals surface area contributed by atoms with Crippen LogP contribution in [0.2, 0.25) is 18.1 Å². The van der Waals surface area contributed by atoms with Gasteiger partial charge in [0.2, 0.25) is 0 Å². The van der Waals surface area contributed by atoms with Gasteiger partial charge in [-0.25, -0.2) is 9.86 Å². The molecule has 0 rings (SSSR count). The van der Waals surface area contributed by atoms with Gasteiger partial charge in [-0.1, -0.05) is 59.0 Å². The fraction of sp³-hybridized carbons (Fsp3) is 0.850. The van der Waals surface area contributed by atoms with Crippen LogP contribution < -0.4 is 5.32 Å². The number of rotatable bonds is 13. The highest BCUT2D eigenvalue weighted by atomic mass is 28.4. The Balaban J connectivity index is 4.41. The molecular weight excluding hydrogens is 344 g/mol. The summed E-state index contributed by atoms with van der Waals surface area (Å²) in [6.45, 7) is 15.3. The first-order chi connectivity index (χ1) is 12.0. The maximum atomic E-state index is 11.6. The second kappa shape index (κ2) is 12.5. The average molecular weight is 387 g/mol. The number of hydroxylamine groups is 2. The van der Waals surface area contributed by atoms with E-state index in [0.717, 1.165) is 19.3 Å². The predicted molar refractivity (Wildman–Crippen MR) is 112 cm³/mol. The molecule has 2 N–H and O–H groups in total. The summed E-state index contributed by atoms with van der Waals surface area (Å²) in [6, 6.07) is -0.490. The highest BCUT2D eigenvalue weighted by Gasteiger charge is 2.39. The Labute approximate surface area is 162 Å². The summed E-state index contributed by atoms with van der Waals surface area (Å²) in [5, 5.41) is 12.7. The molecular formula is C20H42N2O3Si. The SMILES string of the molecule is C=CCCCCCCCCC(CNC(=O)N(C)O)O[Si](C)(C)C(C)(C)C. The van der Waals surface area contributed by atoms with Crippen LogP contribution >= 0.6 is 0 Å². The Kier molecular flexibility index (Phi) is 12.1. The van der Waals surface area contributed by atoms with E-state index in [9.17, 15) is 10.0 Å². The van der Waals surface area contributed by atoms with Gasteiger partial charge < -0.3 is 9.74 Å². The Morgan fingerprint density at radius 1 is 1.19 bits per heavy atom. The summed E-state index contributed by atoms with van der Waals surface area (Å²) in [5.74, 6) is 0. The number of nitrogens with one attached hydrogen (secondary N) is 1. The molecule has 0 bridgehead atoms. The highest BCUT2D eigenvalue weighted by molar-refractivity contribution is 6.74. The highest BCUT2D eigenvalue weighted by Crippen LogP contribution is 2.37. The van der Waals surface area contributed by atoms with Crippen LogP contribution in [0, 0.1) is 0 Å². The maximum absolute atomic E-state index is 11.6. The van der Waals surface area contributed by atoms with E-state index in [-0.39, 0.29) is 11.1 Å². The van der Waals surface area contributed by atoms with Gasteiger partial charge in [0.25, 0.3) is 0 Å². The molecule has 1 unspecified atom stereocenters. The molecule has 0 saturated carbocycles. The van der Waals surface area contributed by atoms with Crippen molar-refractivity contribution >= 4 is 14.3 Å². The van der Waals surface area contributed by atoms with Crippen molar-refractivity contribution in [2.24, 2.45) is 0 Å². The standard InChI is InChI=1S/C20H42N2O3Si/c1-8-9-10-11-12-13-14-15-16-18(17-21-19(23)22(5)24)25-26(6,7)20(2,3)4/h8,18,24H,1,9-17H2,2-7H3,(H,21,23). The summed E-state index contributed by atoms with van der Waals surface area (Å²) < 4.78 is 6.51. The largest absolute Gasteiger partial charge is 0.412 e. The predicted octanol–water partition coefficient (Wildman–Crippen LogP) is 5.71. The van der Waals surface area contributed by atoms with Crippen LogP contribution in [-0.2, 0) is 4.43 Å². The van der Waals surface area contributed by atoms with Crippen molar-refractivity contribution < 1.29 is 14.4 Å². The lowest BCUT2D eigenvalue weighted by Crippen LogP contribution is -2.48. The third-order valence-electron chi connectivity index (χ3n) is 5.23. The lowest BCUT2D eigenvalue weighted by Gasteiger charge is -2.39. The zero-order valence-electron chi connectivity index (χ0n) is 17.9. The van der Waals surface area contributed by atoms with Crippen molar-refractivity contribution in [2.75, 3.05) is 13.6 Å². The number of carbonyl (C=O) groups is 1. The number of urea groups is 1. The molecule has 0 heterocycles. The van der Waals surface area contributed by atoms with Crippen LogP contribution in [0.25, 0.3) is 0 Å². The third kappa shape index (κ3) is 11.0. The van der Waals surface area contributed by atoms with Crippen molar-refractivity contribution in [1.82, 2.24) is 10.4 Å². The van der Waals surface area contributed by atoms with Crippen LogP contribution in [-0.4, -0.2) is 44.3 Å². The van der Waals surface area contributed by atoms with Gasteiger partial charge in [0.05, 0.1) is 6.10 Å². The van der Waals surface area contributed by atoms with Gasteiger partial charge in [0, 0.05) is 13.6 Å². The van der Waals surface area contributed by atoms with E-state index >= 15 is 0 Å². The maximum Gasteiger partial charge on any atom is 0.340 e. The quantitative estimate of drug-likeness (QED) is 0.140. The minimum absolute atomic E-state index is 0.000516. The fourth-order valence-corrected chi connectivity index (χ4v) is 3.87. The molecule has 2 amide bonds. The first kappa shape index (κ1) is 25.1. The van der Waals surface area contributed by atoms with Gasteiger partial charge in [-0.2, -0.15) is 0 Å². The van der Waals surface area contributed by atoms with E-state index in [1.807, 2.05) is 6.08 Å². The van der Waals surface area contributed by atoms with Crippen LogP contribution in [0.3, 0.4) is 0 Å². The summed E-state index contributed by atoms with van der Waals surface area (Å²) >= 11 is 0. The molecule has 0 spiro atoms. The Hall–Kier alpha value is -0.853. The third-order valence-corrected chi connectivity index (χ3v) is 9.76. The summed E-state index contributed by atoms with van der Waals surface area (Å²) in [6.07, 6.45) is 11.4. The van der Waals surface area contributed by atoms with Crippen LogP contribution in [0.15, 0.2) is 12.7 Å². The zero-order chi connectivity index (χ0) is 20.2. The molecule has 0 aliphatic carbocycles. The van der Waals surface area contributed by atoms with E-state index in [0.29, 0.717) is 11.6 Å². The van der Waals surface area contributed by atoms with Gasteiger partial charge in [-0.05, 0) is 37.4 Å². The van der Waals surface area contributed by atoms with E-state index in [1.165, 1.54) is 39.2 Å². The van der Waals surface area contributed by atoms with Gasteiger partial charge >= 0.3 is 6.03 Å². The van der Waals surface area contributed by atoms with Crippen molar-refractivity contribution in [1.29, 1.82) is 0 Å². The number of carbonyl (C=O) groups excluding carboxylic acids is 1. The number of allylic oxidation sites excluding steroid dienone is 1. The molecule has 6 heteroatoms. The molecule has 0 aliphatic rings. The average Bonchev–Trinajstić information content (AvgIpc) is 2.53. The second-order valence-electron chi connectivity index (χ2n) is 8.70. The molecule has 26 heavy (non-hydrogen) atoms. The Bertz CT molecular complexity index is 406. The second-order valence-corrected chi connectivity index (χ2v) is 13.5. The van der Waals surface area contributed by atoms with Gasteiger partial charge in [-0.15, -0.1) is 6.58 Å². The molecule has 0 aromatic rings. The molecule has 0 aliphatic heterocycles. The first-order valence-electron chi connectivity index (χ1n) is 10.0. The van der Waals surface area contributed by atoms with Gasteiger partial charge in [0.1, 0.15) is 0 Å². The lowest BCUT2D eigenvalue weighted by atomic mass is 10.1. The topological polar surface area (TPSA) is 61.8 Å². The number of unbranched alkanes of at least 4 members (excludes halogenated alkanes) is 6. The molecule has 0 aromatic carbocycles. The number of hydrogen-bond donors (Lipinski definition) is 2. The molecule has 5 nitrogen and oxygen atoms in total. The van der Waals surface area contributed by atoms with Gasteiger partial charge in [-0.3, -0.25) is 5.21 Å². The normalized spacial score (nSPS) is 13.3. The molecule has 1 atom stereocenters. The van der Waals surface area contributed by atoms with Crippen molar-refractivity contribution in [3.8, 4) is 0 Å². The Morgan fingerprint density at radius 2 is 1.73 bits per heavy atom. The number of nitrogens with zero attached hydrogens (tertiary/aromatic N) is 1. The lowest BCUT2D eigenvalue weighted by molar-refractivity contribution is -0.0192. The molecule has 0 saturated heterocycles. The van der Waals surface area contributed by atoms with Crippen LogP contribution in [0.5, 0.6) is 0 Å². The van der Waals surface area contributed by atoms with E-state index < -0.39 is 14.3 Å². The first-order valence-corrected chi connectivity index (χ1v) is 12.9. The van der Waals surface area contributed by atoms with Crippen LogP contribution in [0.1, 0.15) is 72.1 Å². The molecule has 0 radical (unpaired) electrons. The minimum Gasteiger partial charge on any atom is -0.412 e. The number of hydrogen-bond acceptors (Lipinski definition) is 3. The van der Waals surface area contributed by atoms with Crippen LogP contribution in [0.4, 0.5) is 4.79 Å². The summed E-state index contributed by atoms with van der Waals surface area (Å²) in [5.41, 5.74) is 0. The smallest absolute Gasteiger partial charge is 0.340 e. The molecule has 0 fully saturated rings. The van der Waals surface area contributed by atoms with E-state index in [2.05, 4.69) is 45.8 Å². The summed E-state index contributed by atoms with van der Waals surface area (Å²) in [7, 11) is -0.570. The Morgan fingerprint density at radius 3 is 2.23 bits per heavy atom. The van der Waals surface area contributed by atoms with Crippen molar-refractivity contribution in [2.45, 2.75) is 96.4 Å².